The van der Waals surface area contributed by atoms with E-state index in [1.54, 1.807) is 5.01 Å². The second-order valence-corrected chi connectivity index (χ2v) is 6.80. The quantitative estimate of drug-likeness (QED) is 0.553. The van der Waals surface area contributed by atoms with E-state index in [9.17, 15) is 10.1 Å². The second-order valence-electron chi connectivity index (χ2n) is 6.80. The van der Waals surface area contributed by atoms with Crippen LogP contribution in [0.1, 0.15) is 44.6 Å². The van der Waals surface area contributed by atoms with Crippen molar-refractivity contribution in [3.63, 3.8) is 0 Å². The molecule has 1 fully saturated rings. The summed E-state index contributed by atoms with van der Waals surface area (Å²) in [5.41, 5.74) is 1.27. The van der Waals surface area contributed by atoms with Crippen LogP contribution in [0, 0.1) is 11.3 Å². The van der Waals surface area contributed by atoms with E-state index in [0.29, 0.717) is 13.0 Å². The van der Waals surface area contributed by atoms with Gasteiger partial charge in [0.25, 0.3) is 0 Å². The highest BCUT2D eigenvalue weighted by molar-refractivity contribution is 5.93. The topological polar surface area (TPSA) is 74.9 Å². The first-order valence-corrected chi connectivity index (χ1v) is 8.95. The van der Waals surface area contributed by atoms with Crippen molar-refractivity contribution in [2.45, 2.75) is 57.3 Å². The number of carbonyl (C=O) groups excluding carboxylic acids is 1. The number of hydrogen-bond donors (Lipinski definition) is 0. The van der Waals surface area contributed by atoms with Crippen molar-refractivity contribution in [3.8, 4) is 6.07 Å². The average molecular weight is 357 g/mol. The molecule has 2 rings (SSSR count). The maximum Gasteiger partial charge on any atom is 0.303 e. The summed E-state index contributed by atoms with van der Waals surface area (Å²) in [7, 11) is 3.74. The minimum absolute atomic E-state index is 0.294. The fraction of sp³-hybridized carbons (Fsp3) is 0.550. The van der Waals surface area contributed by atoms with Crippen molar-refractivity contribution < 1.29 is 14.3 Å². The molecule has 1 aromatic rings. The predicted molar refractivity (Wildman–Crippen MR) is 99.3 cm³/mol. The van der Waals surface area contributed by atoms with E-state index in [4.69, 9.17) is 9.47 Å². The van der Waals surface area contributed by atoms with Crippen molar-refractivity contribution in [3.05, 3.63) is 35.9 Å². The summed E-state index contributed by atoms with van der Waals surface area (Å²) in [4.78, 5) is 11.3. The molecule has 6 nitrogen and oxygen atoms in total. The Hall–Kier alpha value is -2.39. The molecule has 0 radical (unpaired) electrons. The molecule has 0 spiro atoms. The van der Waals surface area contributed by atoms with E-state index in [1.165, 1.54) is 6.92 Å². The van der Waals surface area contributed by atoms with Crippen LogP contribution < -0.4 is 0 Å². The standard InChI is InChI=1S/C20H27N3O3/c1-16(24)26-18(14-21)13-20(25-15-17-9-5-4-6-10-17)12-8-7-11-19(20)22-23(2)3/h4-6,9-10,18H,7-8,11-13,15H2,1-3H3/b22-19+/t18-,20-/m1/s1. The molecule has 0 amide bonds. The first-order valence-electron chi connectivity index (χ1n) is 8.95. The van der Waals surface area contributed by atoms with E-state index in [0.717, 1.165) is 37.0 Å². The maximum absolute atomic E-state index is 11.3. The molecule has 1 aromatic carbocycles. The van der Waals surface area contributed by atoms with Crippen LogP contribution in [0.15, 0.2) is 35.4 Å². The summed E-state index contributed by atoms with van der Waals surface area (Å²) in [6, 6.07) is 12.0. The zero-order valence-corrected chi connectivity index (χ0v) is 15.8. The molecule has 1 aliphatic rings. The summed E-state index contributed by atoms with van der Waals surface area (Å²) >= 11 is 0. The monoisotopic (exact) mass is 357 g/mol. The molecular weight excluding hydrogens is 330 g/mol. The van der Waals surface area contributed by atoms with Crippen LogP contribution in [0.4, 0.5) is 0 Å². The highest BCUT2D eigenvalue weighted by Gasteiger charge is 2.42. The number of benzene rings is 1. The Kier molecular flexibility index (Phi) is 7.16. The first kappa shape index (κ1) is 19.9. The summed E-state index contributed by atoms with van der Waals surface area (Å²) in [6.07, 6.45) is 3.03. The van der Waals surface area contributed by atoms with Crippen molar-refractivity contribution >= 4 is 11.7 Å². The molecule has 6 heteroatoms. The van der Waals surface area contributed by atoms with Gasteiger partial charge < -0.3 is 14.5 Å². The molecule has 140 valence electrons. The van der Waals surface area contributed by atoms with Crippen LogP contribution in [0.25, 0.3) is 0 Å². The molecule has 1 aliphatic carbocycles. The van der Waals surface area contributed by atoms with Gasteiger partial charge in [-0.15, -0.1) is 0 Å². The van der Waals surface area contributed by atoms with Crippen LogP contribution >= 0.6 is 0 Å². The van der Waals surface area contributed by atoms with Gasteiger partial charge in [-0.05, 0) is 31.2 Å². The molecule has 0 heterocycles. The number of nitrogens with zero attached hydrogens (tertiary/aromatic N) is 3. The number of ether oxygens (including phenoxy) is 2. The van der Waals surface area contributed by atoms with E-state index >= 15 is 0 Å². The van der Waals surface area contributed by atoms with Crippen LogP contribution in [0.3, 0.4) is 0 Å². The van der Waals surface area contributed by atoms with Crippen molar-refractivity contribution in [1.82, 2.24) is 5.01 Å². The number of carbonyl (C=O) groups is 1. The van der Waals surface area contributed by atoms with Gasteiger partial charge in [-0.25, -0.2) is 0 Å². The highest BCUT2D eigenvalue weighted by atomic mass is 16.5. The van der Waals surface area contributed by atoms with Crippen molar-refractivity contribution in [2.24, 2.45) is 5.10 Å². The van der Waals surface area contributed by atoms with E-state index in [1.807, 2.05) is 44.4 Å². The molecule has 1 saturated carbocycles. The van der Waals surface area contributed by atoms with Gasteiger partial charge in [0.05, 0.1) is 12.3 Å². The zero-order chi connectivity index (χ0) is 19.0. The summed E-state index contributed by atoms with van der Waals surface area (Å²) in [6.45, 7) is 1.74. The van der Waals surface area contributed by atoms with E-state index < -0.39 is 17.7 Å². The normalized spacial score (nSPS) is 22.5. The molecular formula is C20H27N3O3. The lowest BCUT2D eigenvalue weighted by Gasteiger charge is -2.39. The Morgan fingerprint density at radius 3 is 2.69 bits per heavy atom. The number of rotatable bonds is 7. The smallest absolute Gasteiger partial charge is 0.303 e. The Balaban J connectivity index is 2.29. The largest absolute Gasteiger partial charge is 0.447 e. The van der Waals surface area contributed by atoms with Crippen LogP contribution in [-0.4, -0.2) is 42.5 Å². The molecule has 0 unspecified atom stereocenters. The van der Waals surface area contributed by atoms with E-state index in [-0.39, 0.29) is 0 Å². The second kappa shape index (κ2) is 9.35. The number of nitriles is 1. The van der Waals surface area contributed by atoms with Gasteiger partial charge in [0.15, 0.2) is 6.10 Å². The van der Waals surface area contributed by atoms with Crippen molar-refractivity contribution in [2.75, 3.05) is 14.1 Å². The maximum atomic E-state index is 11.3. The predicted octanol–water partition coefficient (Wildman–Crippen LogP) is 3.28. The van der Waals surface area contributed by atoms with Crippen LogP contribution in [-0.2, 0) is 20.9 Å². The first-order chi connectivity index (χ1) is 12.4. The van der Waals surface area contributed by atoms with Gasteiger partial charge in [0.1, 0.15) is 11.7 Å². The Morgan fingerprint density at radius 2 is 2.08 bits per heavy atom. The fourth-order valence-electron chi connectivity index (χ4n) is 3.30. The molecule has 0 saturated heterocycles. The molecule has 26 heavy (non-hydrogen) atoms. The molecule has 0 bridgehead atoms. The van der Waals surface area contributed by atoms with Gasteiger partial charge in [-0.3, -0.25) is 4.79 Å². The lowest BCUT2D eigenvalue weighted by molar-refractivity contribution is -0.146. The Bertz CT molecular complexity index is 667. The number of esters is 1. The minimum atomic E-state index is -0.853. The van der Waals surface area contributed by atoms with Crippen LogP contribution in [0.2, 0.25) is 0 Å². The highest BCUT2D eigenvalue weighted by Crippen LogP contribution is 2.35. The summed E-state index contributed by atoms with van der Waals surface area (Å²) in [5, 5.41) is 15.8. The van der Waals surface area contributed by atoms with Gasteiger partial charge in [-0.1, -0.05) is 30.3 Å². The molecule has 2 atom stereocenters. The number of hydrogen-bond acceptors (Lipinski definition) is 6. The zero-order valence-electron chi connectivity index (χ0n) is 15.8. The third-order valence-corrected chi connectivity index (χ3v) is 4.42. The van der Waals surface area contributed by atoms with E-state index in [2.05, 4.69) is 11.2 Å². The third kappa shape index (κ3) is 5.57. The van der Waals surface area contributed by atoms with Crippen molar-refractivity contribution in [1.29, 1.82) is 5.26 Å². The summed E-state index contributed by atoms with van der Waals surface area (Å²) in [5.74, 6) is -0.461. The molecule has 0 aliphatic heterocycles. The Labute approximate surface area is 155 Å². The molecule has 0 aromatic heterocycles. The third-order valence-electron chi connectivity index (χ3n) is 4.42. The minimum Gasteiger partial charge on any atom is -0.447 e. The van der Waals surface area contributed by atoms with Gasteiger partial charge >= 0.3 is 5.97 Å². The summed E-state index contributed by atoms with van der Waals surface area (Å²) < 4.78 is 11.6. The average Bonchev–Trinajstić information content (AvgIpc) is 2.61. The fourth-order valence-corrected chi connectivity index (χ4v) is 3.30. The number of hydrazone groups is 1. The van der Waals surface area contributed by atoms with Crippen LogP contribution in [0.5, 0.6) is 0 Å². The lowest BCUT2D eigenvalue weighted by atomic mass is 9.79. The van der Waals surface area contributed by atoms with Gasteiger partial charge in [0, 0.05) is 27.4 Å². The van der Waals surface area contributed by atoms with Gasteiger partial charge in [-0.2, -0.15) is 10.4 Å². The van der Waals surface area contributed by atoms with Gasteiger partial charge in [0.2, 0.25) is 0 Å². The Morgan fingerprint density at radius 1 is 1.35 bits per heavy atom. The molecule has 0 N–H and O–H groups in total. The lowest BCUT2D eigenvalue weighted by Crippen LogP contribution is -2.47. The SMILES string of the molecule is CC(=O)O[C@@H](C#N)C[C@]1(OCc2ccccc2)CCCC/C1=N\N(C)C.